The van der Waals surface area contributed by atoms with Crippen molar-refractivity contribution in [2.24, 2.45) is 0 Å². The van der Waals surface area contributed by atoms with Crippen LogP contribution >= 0.6 is 23.5 Å². The van der Waals surface area contributed by atoms with Crippen molar-refractivity contribution in [3.05, 3.63) is 121 Å². The number of thioether (sulfide) groups is 2. The predicted octanol–water partition coefficient (Wildman–Crippen LogP) is 7.00. The zero-order valence-corrected chi connectivity index (χ0v) is 22.5. The van der Waals surface area contributed by atoms with E-state index in [1.54, 1.807) is 0 Å². The van der Waals surface area contributed by atoms with Gasteiger partial charge in [0.15, 0.2) is 22.0 Å². The van der Waals surface area contributed by atoms with Gasteiger partial charge in [-0.1, -0.05) is 121 Å². The Hall–Kier alpha value is -4.18. The van der Waals surface area contributed by atoms with Crippen LogP contribution in [0.2, 0.25) is 0 Å². The van der Waals surface area contributed by atoms with Gasteiger partial charge in [-0.05, 0) is 24.3 Å². The van der Waals surface area contributed by atoms with Crippen molar-refractivity contribution in [3.63, 3.8) is 0 Å². The van der Waals surface area contributed by atoms with Crippen LogP contribution in [0.5, 0.6) is 0 Å². The third kappa shape index (κ3) is 5.65. The van der Waals surface area contributed by atoms with Crippen molar-refractivity contribution in [2.45, 2.75) is 10.3 Å². The van der Waals surface area contributed by atoms with E-state index in [1.807, 2.05) is 97.1 Å². The molecule has 0 N–H and O–H groups in total. The van der Waals surface area contributed by atoms with Crippen LogP contribution in [0.1, 0.15) is 0 Å². The lowest BCUT2D eigenvalue weighted by Crippen LogP contribution is -2.01. The molecule has 0 aliphatic heterocycles. The van der Waals surface area contributed by atoms with Crippen molar-refractivity contribution in [1.82, 2.24) is 29.5 Å². The Labute approximate surface area is 234 Å². The molecule has 4 aromatic carbocycles. The highest BCUT2D eigenvalue weighted by atomic mass is 32.2. The average molecular weight is 549 g/mol. The zero-order chi connectivity index (χ0) is 26.3. The molecular weight excluding hydrogens is 525 g/mol. The topological polar surface area (TPSA) is 70.7 Å². The van der Waals surface area contributed by atoms with E-state index in [4.69, 9.17) is 4.74 Å². The van der Waals surface area contributed by atoms with Crippen LogP contribution in [0.3, 0.4) is 0 Å². The summed E-state index contributed by atoms with van der Waals surface area (Å²) in [5.74, 6) is 2.42. The number of rotatable bonds is 10. The van der Waals surface area contributed by atoms with E-state index >= 15 is 0 Å². The molecule has 0 saturated carbocycles. The third-order valence-electron chi connectivity index (χ3n) is 5.90. The molecule has 0 radical (unpaired) electrons. The van der Waals surface area contributed by atoms with Gasteiger partial charge in [-0.2, -0.15) is 0 Å². The van der Waals surface area contributed by atoms with Crippen LogP contribution < -0.4 is 0 Å². The first-order chi connectivity index (χ1) is 19.4. The van der Waals surface area contributed by atoms with Gasteiger partial charge in [0.2, 0.25) is 0 Å². The Kier molecular flexibility index (Phi) is 7.81. The molecule has 0 saturated heterocycles. The first-order valence-corrected chi connectivity index (χ1v) is 14.3. The Morgan fingerprint density at radius 3 is 1.21 bits per heavy atom. The van der Waals surface area contributed by atoms with Crippen LogP contribution in [-0.4, -0.2) is 41.4 Å². The van der Waals surface area contributed by atoms with Gasteiger partial charge >= 0.3 is 0 Å². The summed E-state index contributed by atoms with van der Waals surface area (Å²) in [6.07, 6.45) is 0. The minimum absolute atomic E-state index is 0.414. The number of benzene rings is 4. The van der Waals surface area contributed by atoms with Gasteiger partial charge in [0.25, 0.3) is 0 Å². The van der Waals surface area contributed by atoms with Crippen LogP contribution in [0.25, 0.3) is 34.2 Å². The highest BCUT2D eigenvalue weighted by molar-refractivity contribution is 7.99. The molecule has 0 fully saturated rings. The molecule has 192 valence electrons. The van der Waals surface area contributed by atoms with Crippen LogP contribution in [0.4, 0.5) is 0 Å². The molecule has 0 spiro atoms. The first-order valence-electron chi connectivity index (χ1n) is 12.3. The number of ether oxygens (including phenoxy) is 1. The number of hydrogen-bond acceptors (Lipinski definition) is 7. The van der Waals surface area contributed by atoms with Crippen molar-refractivity contribution >= 4 is 23.5 Å². The van der Waals surface area contributed by atoms with E-state index < -0.39 is 0 Å². The Bertz CT molecular complexity index is 1500. The second kappa shape index (κ2) is 12.1. The maximum Gasteiger partial charge on any atom is 0.198 e. The molecule has 0 bridgehead atoms. The standard InChI is InChI=1S/C30H24N6OS2/c1-5-13-23(14-6-1)27-31-33-29(35(27)25-17-9-3-10-18-25)38-21-37-22-39-30-34-32-28(24-15-7-2-8-16-24)36(30)26-19-11-4-12-20-26/h1-20H,21-22H2. The van der Waals surface area contributed by atoms with E-state index in [2.05, 4.69) is 53.8 Å². The van der Waals surface area contributed by atoms with Gasteiger partial charge in [0.05, 0.1) is 0 Å². The molecule has 6 aromatic rings. The summed E-state index contributed by atoms with van der Waals surface area (Å²) >= 11 is 3.01. The summed E-state index contributed by atoms with van der Waals surface area (Å²) in [5, 5.41) is 19.5. The SMILES string of the molecule is c1ccc(-c2nnc(SCOCSc3nnc(-c4ccccc4)n3-c3ccccc3)n2-c2ccccc2)cc1. The monoisotopic (exact) mass is 548 g/mol. The van der Waals surface area contributed by atoms with E-state index in [1.165, 1.54) is 23.5 Å². The largest absolute Gasteiger partial charge is 0.359 e. The summed E-state index contributed by atoms with van der Waals surface area (Å²) in [5.41, 5.74) is 4.02. The quantitative estimate of drug-likeness (QED) is 0.104. The molecule has 2 aromatic heterocycles. The average Bonchev–Trinajstić information content (AvgIpc) is 3.63. The Morgan fingerprint density at radius 2 is 0.821 bits per heavy atom. The fourth-order valence-electron chi connectivity index (χ4n) is 4.12. The highest BCUT2D eigenvalue weighted by Gasteiger charge is 2.18. The molecule has 6 rings (SSSR count). The lowest BCUT2D eigenvalue weighted by molar-refractivity contribution is 0.240. The van der Waals surface area contributed by atoms with Crippen molar-refractivity contribution < 1.29 is 4.74 Å². The molecule has 2 heterocycles. The third-order valence-corrected chi connectivity index (χ3v) is 7.52. The maximum absolute atomic E-state index is 6.02. The van der Waals surface area contributed by atoms with Crippen LogP contribution in [0, 0.1) is 0 Å². The molecule has 0 aliphatic carbocycles. The smallest absolute Gasteiger partial charge is 0.198 e. The van der Waals surface area contributed by atoms with Gasteiger partial charge in [0, 0.05) is 22.5 Å². The van der Waals surface area contributed by atoms with Gasteiger partial charge < -0.3 is 4.74 Å². The molecule has 0 amide bonds. The highest BCUT2D eigenvalue weighted by Crippen LogP contribution is 2.30. The fraction of sp³-hybridized carbons (Fsp3) is 0.0667. The van der Waals surface area contributed by atoms with Crippen LogP contribution in [0.15, 0.2) is 132 Å². The summed E-state index contributed by atoms with van der Waals surface area (Å²) in [7, 11) is 0. The molecule has 0 unspecified atom stereocenters. The second-order valence-electron chi connectivity index (χ2n) is 8.41. The lowest BCUT2D eigenvalue weighted by atomic mass is 10.2. The predicted molar refractivity (Wildman–Crippen MR) is 156 cm³/mol. The van der Waals surface area contributed by atoms with E-state index in [9.17, 15) is 0 Å². The Morgan fingerprint density at radius 1 is 0.462 bits per heavy atom. The van der Waals surface area contributed by atoms with E-state index in [-0.39, 0.29) is 0 Å². The van der Waals surface area contributed by atoms with E-state index in [0.29, 0.717) is 11.9 Å². The maximum atomic E-state index is 6.02. The summed E-state index contributed by atoms with van der Waals surface area (Å²) in [6, 6.07) is 40.4. The molecule has 0 atom stereocenters. The number of hydrogen-bond donors (Lipinski definition) is 0. The summed E-state index contributed by atoms with van der Waals surface area (Å²) in [4.78, 5) is 0. The molecular formula is C30H24N6OS2. The van der Waals surface area contributed by atoms with Crippen molar-refractivity contribution in [1.29, 1.82) is 0 Å². The van der Waals surface area contributed by atoms with Gasteiger partial charge in [0.1, 0.15) is 11.9 Å². The molecule has 9 heteroatoms. The summed E-state index contributed by atoms with van der Waals surface area (Å²) < 4.78 is 10.1. The number of aromatic nitrogens is 6. The normalized spacial score (nSPS) is 11.1. The number of nitrogens with zero attached hydrogens (tertiary/aromatic N) is 6. The molecule has 39 heavy (non-hydrogen) atoms. The fourth-order valence-corrected chi connectivity index (χ4v) is 5.61. The van der Waals surface area contributed by atoms with Crippen LogP contribution in [-0.2, 0) is 4.74 Å². The zero-order valence-electron chi connectivity index (χ0n) is 20.9. The minimum atomic E-state index is 0.414. The van der Waals surface area contributed by atoms with Gasteiger partial charge in [-0.25, -0.2) is 0 Å². The minimum Gasteiger partial charge on any atom is -0.359 e. The molecule has 7 nitrogen and oxygen atoms in total. The Balaban J connectivity index is 1.17. The molecule has 0 aliphatic rings. The second-order valence-corrected chi connectivity index (χ2v) is 10.2. The van der Waals surface area contributed by atoms with Gasteiger partial charge in [-0.15, -0.1) is 20.4 Å². The van der Waals surface area contributed by atoms with Crippen molar-refractivity contribution in [3.8, 4) is 34.2 Å². The van der Waals surface area contributed by atoms with Gasteiger partial charge in [-0.3, -0.25) is 9.13 Å². The van der Waals surface area contributed by atoms with Crippen molar-refractivity contribution in [2.75, 3.05) is 11.9 Å². The summed E-state index contributed by atoms with van der Waals surface area (Å²) in [6.45, 7) is 0. The number of para-hydroxylation sites is 2. The lowest BCUT2D eigenvalue weighted by Gasteiger charge is -2.11. The first kappa shape index (κ1) is 25.1. The van der Waals surface area contributed by atoms with E-state index in [0.717, 1.165) is 44.5 Å².